The van der Waals surface area contributed by atoms with Crippen LogP contribution in [-0.2, 0) is 12.4 Å². The predicted octanol–water partition coefficient (Wildman–Crippen LogP) is 4.06. The summed E-state index contributed by atoms with van der Waals surface area (Å²) in [6, 6.07) is -0.380. The van der Waals surface area contributed by atoms with Gasteiger partial charge >= 0.3 is 12.4 Å². The first-order valence-electron chi connectivity index (χ1n) is 3.96. The highest BCUT2D eigenvalue weighted by Gasteiger charge is 2.40. The molecule has 1 nitrogen and oxygen atoms in total. The van der Waals surface area contributed by atoms with Crippen LogP contribution >= 0.6 is 0 Å². The Balaban J connectivity index is 3.41. The zero-order chi connectivity index (χ0) is 13.4. The van der Waals surface area contributed by atoms with Crippen LogP contribution in [0.2, 0.25) is 0 Å². The molecule has 0 atom stereocenters. The van der Waals surface area contributed by atoms with E-state index in [1.54, 1.807) is 0 Å². The van der Waals surface area contributed by atoms with Crippen molar-refractivity contribution < 1.29 is 35.1 Å². The highest BCUT2D eigenvalue weighted by molar-refractivity contribution is 5.30. The number of alkyl halides is 8. The van der Waals surface area contributed by atoms with Gasteiger partial charge in [0, 0.05) is 6.20 Å². The Morgan fingerprint density at radius 3 is 1.82 bits per heavy atom. The monoisotopic (exact) mass is 265 g/mol. The van der Waals surface area contributed by atoms with Crippen LogP contribution in [0, 0.1) is 0 Å². The molecule has 96 valence electrons. The normalized spacial score (nSPS) is 13.2. The van der Waals surface area contributed by atoms with Crippen LogP contribution in [0.3, 0.4) is 0 Å². The molecule has 1 rings (SSSR count). The quantitative estimate of drug-likeness (QED) is 0.698. The largest absolute Gasteiger partial charge is 0.418 e. The number of nitrogens with zero attached hydrogens (tertiary/aromatic N) is 1. The number of halogens is 8. The van der Waals surface area contributed by atoms with Gasteiger partial charge in [0.15, 0.2) is 0 Å². The fourth-order valence-corrected chi connectivity index (χ4v) is 1.03. The summed E-state index contributed by atoms with van der Waals surface area (Å²) >= 11 is 0. The van der Waals surface area contributed by atoms with Gasteiger partial charge in [-0.15, -0.1) is 0 Å². The van der Waals surface area contributed by atoms with E-state index in [0.717, 1.165) is 0 Å². The Labute approximate surface area is 89.1 Å². The van der Waals surface area contributed by atoms with Crippen LogP contribution in [0.1, 0.15) is 23.2 Å². The SMILES string of the molecule is FC(F)c1ncc(C(F)(F)F)cc1C(F)(F)F. The van der Waals surface area contributed by atoms with Crippen molar-refractivity contribution >= 4 is 0 Å². The van der Waals surface area contributed by atoms with E-state index in [4.69, 9.17) is 0 Å². The molecule has 17 heavy (non-hydrogen) atoms. The van der Waals surface area contributed by atoms with E-state index in [9.17, 15) is 35.1 Å². The first-order valence-corrected chi connectivity index (χ1v) is 3.96. The van der Waals surface area contributed by atoms with Gasteiger partial charge in [0.1, 0.15) is 5.69 Å². The zero-order valence-electron chi connectivity index (χ0n) is 7.70. The van der Waals surface area contributed by atoms with E-state index in [2.05, 4.69) is 4.98 Å². The molecule has 0 saturated heterocycles. The smallest absolute Gasteiger partial charge is 0.254 e. The van der Waals surface area contributed by atoms with Gasteiger partial charge in [-0.25, -0.2) is 8.78 Å². The van der Waals surface area contributed by atoms with Gasteiger partial charge in [-0.2, -0.15) is 26.3 Å². The van der Waals surface area contributed by atoms with E-state index < -0.39 is 35.6 Å². The molecule has 0 aliphatic rings. The molecule has 0 N–H and O–H groups in total. The maximum atomic E-state index is 12.2. The molecule has 0 spiro atoms. The van der Waals surface area contributed by atoms with Crippen molar-refractivity contribution in [2.24, 2.45) is 0 Å². The molecule has 1 aromatic heterocycles. The third kappa shape index (κ3) is 3.04. The molecule has 9 heteroatoms. The molecule has 0 radical (unpaired) electrons. The summed E-state index contributed by atoms with van der Waals surface area (Å²) in [5.74, 6) is 0. The van der Waals surface area contributed by atoms with Crippen LogP contribution in [0.5, 0.6) is 0 Å². The summed E-state index contributed by atoms with van der Waals surface area (Å²) in [5.41, 5.74) is -5.53. The molecule has 1 aromatic rings. The average molecular weight is 265 g/mol. The molecule has 1 heterocycles. The van der Waals surface area contributed by atoms with Crippen LogP contribution in [0.25, 0.3) is 0 Å². The van der Waals surface area contributed by atoms with Crippen molar-refractivity contribution in [1.29, 1.82) is 0 Å². The van der Waals surface area contributed by atoms with Gasteiger partial charge in [0.05, 0.1) is 11.1 Å². The fourth-order valence-electron chi connectivity index (χ4n) is 1.03. The minimum absolute atomic E-state index is 0.0588. The van der Waals surface area contributed by atoms with Crippen molar-refractivity contribution in [3.8, 4) is 0 Å². The Bertz CT molecular complexity index is 405. The summed E-state index contributed by atoms with van der Waals surface area (Å²) < 4.78 is 97.3. The maximum Gasteiger partial charge on any atom is 0.418 e. The molecule has 0 saturated carbocycles. The van der Waals surface area contributed by atoms with Gasteiger partial charge in [0.2, 0.25) is 0 Å². The minimum Gasteiger partial charge on any atom is -0.254 e. The van der Waals surface area contributed by atoms with Crippen molar-refractivity contribution in [3.05, 3.63) is 29.1 Å². The predicted molar refractivity (Wildman–Crippen MR) is 39.2 cm³/mol. The van der Waals surface area contributed by atoms with E-state index in [-0.39, 0.29) is 12.3 Å². The highest BCUT2D eigenvalue weighted by Crippen LogP contribution is 2.38. The van der Waals surface area contributed by atoms with E-state index >= 15 is 0 Å². The lowest BCUT2D eigenvalue weighted by Crippen LogP contribution is -2.15. The van der Waals surface area contributed by atoms with E-state index in [1.807, 2.05) is 0 Å². The van der Waals surface area contributed by atoms with Crippen LogP contribution in [0.4, 0.5) is 35.1 Å². The molecule has 0 amide bonds. The zero-order valence-corrected chi connectivity index (χ0v) is 7.70. The highest BCUT2D eigenvalue weighted by atomic mass is 19.4. The second-order valence-corrected chi connectivity index (χ2v) is 2.95. The van der Waals surface area contributed by atoms with Crippen LogP contribution in [0.15, 0.2) is 12.3 Å². The number of hydrogen-bond donors (Lipinski definition) is 0. The number of pyridine rings is 1. The Morgan fingerprint density at radius 1 is 0.941 bits per heavy atom. The lowest BCUT2D eigenvalue weighted by atomic mass is 10.1. The molecule has 0 aliphatic carbocycles. The van der Waals surface area contributed by atoms with E-state index in [0.29, 0.717) is 0 Å². The van der Waals surface area contributed by atoms with E-state index in [1.165, 1.54) is 0 Å². The Hall–Kier alpha value is -1.41. The number of hydrogen-bond acceptors (Lipinski definition) is 1. The Morgan fingerprint density at radius 2 is 1.47 bits per heavy atom. The maximum absolute atomic E-state index is 12.2. The Kier molecular flexibility index (Phi) is 3.30. The molecular weight excluding hydrogens is 262 g/mol. The van der Waals surface area contributed by atoms with Gasteiger partial charge in [0.25, 0.3) is 6.43 Å². The van der Waals surface area contributed by atoms with Crippen LogP contribution < -0.4 is 0 Å². The lowest BCUT2D eigenvalue weighted by molar-refractivity contribution is -0.145. The topological polar surface area (TPSA) is 12.9 Å². The van der Waals surface area contributed by atoms with Gasteiger partial charge in [-0.05, 0) is 6.07 Å². The van der Waals surface area contributed by atoms with Crippen molar-refractivity contribution in [2.45, 2.75) is 18.8 Å². The molecule has 0 aliphatic heterocycles. The van der Waals surface area contributed by atoms with Crippen molar-refractivity contribution in [3.63, 3.8) is 0 Å². The average Bonchev–Trinajstić information content (AvgIpc) is 2.14. The van der Waals surface area contributed by atoms with Gasteiger partial charge < -0.3 is 0 Å². The van der Waals surface area contributed by atoms with Gasteiger partial charge in [-0.1, -0.05) is 0 Å². The lowest BCUT2D eigenvalue weighted by Gasteiger charge is -2.14. The summed E-state index contributed by atoms with van der Waals surface area (Å²) in [5, 5.41) is 0. The molecule has 0 aromatic carbocycles. The third-order valence-corrected chi connectivity index (χ3v) is 1.76. The van der Waals surface area contributed by atoms with Crippen molar-refractivity contribution in [2.75, 3.05) is 0 Å². The summed E-state index contributed by atoms with van der Waals surface area (Å²) in [6.45, 7) is 0. The summed E-state index contributed by atoms with van der Waals surface area (Å²) in [4.78, 5) is 2.52. The number of aromatic nitrogens is 1. The minimum atomic E-state index is -5.32. The van der Waals surface area contributed by atoms with Crippen LogP contribution in [-0.4, -0.2) is 4.98 Å². The van der Waals surface area contributed by atoms with Gasteiger partial charge in [-0.3, -0.25) is 4.98 Å². The molecular formula is C8H3F8N. The third-order valence-electron chi connectivity index (χ3n) is 1.76. The first kappa shape index (κ1) is 13.7. The first-order chi connectivity index (χ1) is 7.53. The summed E-state index contributed by atoms with van der Waals surface area (Å²) in [6.07, 6.45) is -14.1. The standard InChI is InChI=1S/C8H3F8N/c9-6(10)5-4(8(14,15)16)1-3(2-17-5)7(11,12)13/h1-2,6H. The fraction of sp³-hybridized carbons (Fsp3) is 0.375. The van der Waals surface area contributed by atoms with Crippen molar-refractivity contribution in [1.82, 2.24) is 4.98 Å². The summed E-state index contributed by atoms with van der Waals surface area (Å²) in [7, 11) is 0. The second-order valence-electron chi connectivity index (χ2n) is 2.95. The molecule has 0 fully saturated rings. The molecule has 0 unspecified atom stereocenters. The number of rotatable bonds is 1. The second kappa shape index (κ2) is 4.11. The molecule has 0 bridgehead atoms.